The van der Waals surface area contributed by atoms with Crippen molar-refractivity contribution >= 4 is 39.8 Å². The average molecular weight is 652 g/mol. The molecule has 1 aliphatic rings. The number of piperidine rings is 1. The maximum atomic E-state index is 12.7. The van der Waals surface area contributed by atoms with Gasteiger partial charge in [0.25, 0.3) is 0 Å². The Morgan fingerprint density at radius 2 is 1.85 bits per heavy atom. The number of anilines is 2. The van der Waals surface area contributed by atoms with Crippen LogP contribution in [0.25, 0.3) is 22.0 Å². The first-order valence-corrected chi connectivity index (χ1v) is 16.8. The zero-order chi connectivity index (χ0) is 33.1. The maximum Gasteiger partial charge on any atom is 0.410 e. The van der Waals surface area contributed by atoms with Crippen molar-refractivity contribution in [1.29, 1.82) is 0 Å². The van der Waals surface area contributed by atoms with E-state index >= 15 is 0 Å². The van der Waals surface area contributed by atoms with Gasteiger partial charge in [0, 0.05) is 52.9 Å². The highest BCUT2D eigenvalue weighted by molar-refractivity contribution is 7.11. The summed E-state index contributed by atoms with van der Waals surface area (Å²) in [6, 6.07) is 16.0. The molecule has 2 aromatic carbocycles. The molecule has 3 aromatic heterocycles. The van der Waals surface area contributed by atoms with E-state index in [1.165, 1.54) is 4.88 Å². The lowest BCUT2D eigenvalue weighted by Gasteiger charge is -2.34. The summed E-state index contributed by atoms with van der Waals surface area (Å²) in [6.07, 6.45) is 4.91. The van der Waals surface area contributed by atoms with E-state index in [0.29, 0.717) is 37.2 Å². The number of hydrogen-bond donors (Lipinski definition) is 2. The van der Waals surface area contributed by atoms with Crippen molar-refractivity contribution in [2.45, 2.75) is 72.6 Å². The van der Waals surface area contributed by atoms with Crippen LogP contribution >= 0.6 is 11.3 Å². The number of hydrogen-bond acceptors (Lipinski definition) is 10. The number of amides is 1. The molecule has 0 bridgehead atoms. The van der Waals surface area contributed by atoms with Crippen LogP contribution in [0.4, 0.5) is 16.4 Å². The predicted molar refractivity (Wildman–Crippen MR) is 187 cm³/mol. The SMILES string of the molecule is Cc1nc(CNc2cccc3c(Oc4ncccc4-c4ccnc(NC5CCCN(C(=O)OC(C)(C)C)C5)n4)c(C)ccc23)c(C)s1. The van der Waals surface area contributed by atoms with Gasteiger partial charge in [-0.25, -0.2) is 24.7 Å². The van der Waals surface area contributed by atoms with Crippen molar-refractivity contribution in [3.8, 4) is 22.9 Å². The zero-order valence-corrected chi connectivity index (χ0v) is 28.6. The van der Waals surface area contributed by atoms with Crippen LogP contribution in [0.3, 0.4) is 0 Å². The minimum absolute atomic E-state index is 0.000677. The number of fused-ring (bicyclic) bond motifs is 1. The number of benzene rings is 2. The van der Waals surface area contributed by atoms with Crippen molar-refractivity contribution in [1.82, 2.24) is 24.8 Å². The average Bonchev–Trinajstić information content (AvgIpc) is 3.37. The lowest BCUT2D eigenvalue weighted by molar-refractivity contribution is 0.0206. The van der Waals surface area contributed by atoms with Crippen molar-refractivity contribution < 1.29 is 14.3 Å². The largest absolute Gasteiger partial charge is 0.444 e. The van der Waals surface area contributed by atoms with E-state index in [1.54, 1.807) is 28.6 Å². The molecule has 5 aromatic rings. The van der Waals surface area contributed by atoms with Crippen molar-refractivity contribution in [2.24, 2.45) is 0 Å². The number of rotatable bonds is 8. The Hall–Kier alpha value is -4.77. The monoisotopic (exact) mass is 651 g/mol. The van der Waals surface area contributed by atoms with Crippen LogP contribution in [-0.4, -0.2) is 55.7 Å². The summed E-state index contributed by atoms with van der Waals surface area (Å²) in [5.74, 6) is 1.67. The number of aromatic nitrogens is 4. The molecule has 10 nitrogen and oxygen atoms in total. The summed E-state index contributed by atoms with van der Waals surface area (Å²) in [5.41, 5.74) is 3.96. The van der Waals surface area contributed by atoms with Gasteiger partial charge in [-0.3, -0.25) is 0 Å². The molecular weight excluding hydrogens is 611 g/mol. The molecule has 0 spiro atoms. The summed E-state index contributed by atoms with van der Waals surface area (Å²) >= 11 is 1.72. The highest BCUT2D eigenvalue weighted by Crippen LogP contribution is 2.39. The Morgan fingerprint density at radius 3 is 2.64 bits per heavy atom. The summed E-state index contributed by atoms with van der Waals surface area (Å²) in [7, 11) is 0. The second-order valence-corrected chi connectivity index (χ2v) is 14.2. The van der Waals surface area contributed by atoms with Gasteiger partial charge >= 0.3 is 6.09 Å². The van der Waals surface area contributed by atoms with Crippen LogP contribution in [0.1, 0.15) is 54.8 Å². The number of likely N-dealkylation sites (tertiary alicyclic amines) is 1. The van der Waals surface area contributed by atoms with Crippen LogP contribution in [-0.2, 0) is 11.3 Å². The number of aryl methyl sites for hydroxylation is 3. The molecule has 1 fully saturated rings. The number of carbonyl (C=O) groups excluding carboxylic acids is 1. The number of nitrogens with one attached hydrogen (secondary N) is 2. The van der Waals surface area contributed by atoms with E-state index in [1.807, 2.05) is 58.9 Å². The number of ether oxygens (including phenoxy) is 2. The molecule has 244 valence electrons. The third-order valence-corrected chi connectivity index (χ3v) is 8.89. The van der Waals surface area contributed by atoms with Gasteiger partial charge in [0.05, 0.1) is 28.5 Å². The molecular formula is C36H41N7O3S. The lowest BCUT2D eigenvalue weighted by atomic mass is 10.0. The molecule has 0 aliphatic carbocycles. The Labute approximate surface area is 279 Å². The molecule has 1 aliphatic heterocycles. The fourth-order valence-electron chi connectivity index (χ4n) is 5.76. The van der Waals surface area contributed by atoms with Crippen LogP contribution in [0.2, 0.25) is 0 Å². The summed E-state index contributed by atoms with van der Waals surface area (Å²) < 4.78 is 12.2. The molecule has 0 saturated carbocycles. The van der Waals surface area contributed by atoms with Gasteiger partial charge in [0.2, 0.25) is 11.8 Å². The van der Waals surface area contributed by atoms with E-state index in [4.69, 9.17) is 14.5 Å². The van der Waals surface area contributed by atoms with Crippen LogP contribution in [0.5, 0.6) is 11.6 Å². The van der Waals surface area contributed by atoms with E-state index in [0.717, 1.165) is 56.9 Å². The molecule has 1 amide bonds. The second-order valence-electron chi connectivity index (χ2n) is 12.8. The maximum absolute atomic E-state index is 12.7. The molecule has 1 atom stereocenters. The summed E-state index contributed by atoms with van der Waals surface area (Å²) in [4.78, 5) is 34.3. The normalized spacial score (nSPS) is 15.0. The van der Waals surface area contributed by atoms with Crippen molar-refractivity contribution in [3.05, 3.63) is 82.1 Å². The second kappa shape index (κ2) is 13.5. The van der Waals surface area contributed by atoms with Gasteiger partial charge in [-0.05, 0) is 84.2 Å². The Balaban J connectivity index is 1.22. The smallest absolute Gasteiger partial charge is 0.410 e. The Bertz CT molecular complexity index is 1900. The van der Waals surface area contributed by atoms with Gasteiger partial charge in [0.1, 0.15) is 11.4 Å². The van der Waals surface area contributed by atoms with Gasteiger partial charge in [-0.1, -0.05) is 24.3 Å². The van der Waals surface area contributed by atoms with E-state index in [9.17, 15) is 4.79 Å². The molecule has 6 rings (SSSR count). The third-order valence-electron chi connectivity index (χ3n) is 7.96. The fraction of sp³-hybridized carbons (Fsp3) is 0.361. The first-order chi connectivity index (χ1) is 22.5. The minimum Gasteiger partial charge on any atom is -0.444 e. The molecule has 1 unspecified atom stereocenters. The fourth-order valence-corrected chi connectivity index (χ4v) is 6.59. The van der Waals surface area contributed by atoms with Crippen LogP contribution in [0.15, 0.2) is 60.9 Å². The molecule has 0 radical (unpaired) electrons. The minimum atomic E-state index is -0.539. The highest BCUT2D eigenvalue weighted by Gasteiger charge is 2.28. The van der Waals surface area contributed by atoms with Crippen LogP contribution in [0, 0.1) is 20.8 Å². The molecule has 1 saturated heterocycles. The standard InChI is InChI=1S/C36H41N7O3S/c1-22-14-15-26-27(11-7-13-29(26)39-20-31-23(2)47-24(3)40-31)32(22)45-33-28(12-8-17-37-33)30-16-18-38-34(42-30)41-25-10-9-19-43(21-25)35(44)46-36(4,5)6/h7-8,11-18,25,39H,9-10,19-21H2,1-6H3,(H,38,41,42). The van der Waals surface area contributed by atoms with Crippen molar-refractivity contribution in [3.63, 3.8) is 0 Å². The highest BCUT2D eigenvalue weighted by atomic mass is 32.1. The lowest BCUT2D eigenvalue weighted by Crippen LogP contribution is -2.47. The molecule has 47 heavy (non-hydrogen) atoms. The topological polar surface area (TPSA) is 114 Å². The van der Waals surface area contributed by atoms with E-state index in [-0.39, 0.29) is 12.1 Å². The number of carbonyl (C=O) groups is 1. The Kier molecular flexibility index (Phi) is 9.26. The summed E-state index contributed by atoms with van der Waals surface area (Å²) in [6.45, 7) is 13.6. The summed E-state index contributed by atoms with van der Waals surface area (Å²) in [5, 5.41) is 10.1. The zero-order valence-electron chi connectivity index (χ0n) is 27.8. The number of pyridine rings is 1. The first-order valence-electron chi connectivity index (χ1n) is 15.9. The number of nitrogens with zero attached hydrogens (tertiary/aromatic N) is 5. The van der Waals surface area contributed by atoms with E-state index < -0.39 is 5.60 Å². The van der Waals surface area contributed by atoms with Gasteiger partial charge in [-0.2, -0.15) is 0 Å². The number of thiazole rings is 1. The van der Waals surface area contributed by atoms with Crippen molar-refractivity contribution in [2.75, 3.05) is 23.7 Å². The predicted octanol–water partition coefficient (Wildman–Crippen LogP) is 8.29. The van der Waals surface area contributed by atoms with Gasteiger partial charge in [0.15, 0.2) is 0 Å². The van der Waals surface area contributed by atoms with Crippen LogP contribution < -0.4 is 15.4 Å². The van der Waals surface area contributed by atoms with E-state index in [2.05, 4.69) is 56.8 Å². The third kappa shape index (κ3) is 7.62. The first kappa shape index (κ1) is 32.2. The Morgan fingerprint density at radius 1 is 1.00 bits per heavy atom. The van der Waals surface area contributed by atoms with Gasteiger partial charge in [-0.15, -0.1) is 11.3 Å². The van der Waals surface area contributed by atoms with Gasteiger partial charge < -0.3 is 25.0 Å². The quantitative estimate of drug-likeness (QED) is 0.171. The molecule has 2 N–H and O–H groups in total. The molecule has 11 heteroatoms. The molecule has 4 heterocycles.